The van der Waals surface area contributed by atoms with Crippen LogP contribution in [0.15, 0.2) is 0 Å². The zero-order valence-corrected chi connectivity index (χ0v) is 10.2. The molecule has 0 radical (unpaired) electrons. The molecule has 2 unspecified atom stereocenters. The highest BCUT2D eigenvalue weighted by Crippen LogP contribution is 2.10. The van der Waals surface area contributed by atoms with Crippen LogP contribution in [0.5, 0.6) is 0 Å². The second-order valence-corrected chi connectivity index (χ2v) is 4.05. The van der Waals surface area contributed by atoms with Crippen molar-refractivity contribution in [1.29, 1.82) is 0 Å². The Morgan fingerprint density at radius 2 is 1.67 bits per heavy atom. The van der Waals surface area contributed by atoms with Gasteiger partial charge in [0.1, 0.15) is 0 Å². The predicted molar refractivity (Wildman–Crippen MR) is 66.1 cm³/mol. The number of Topliss-reactive ketones (excluding diaryl/α,β-unsaturated/α-hetero) is 2. The van der Waals surface area contributed by atoms with Crippen molar-refractivity contribution in [2.45, 2.75) is 30.8 Å². The molecule has 0 bridgehead atoms. The Balaban J connectivity index is 4.87. The normalized spacial score (nSPS) is 15.8. The van der Waals surface area contributed by atoms with Gasteiger partial charge in [0.25, 0.3) is 5.91 Å². The molecule has 0 rings (SSSR count). The number of carbonyl (C=O) groups excluding carboxylic acids is 3. The Morgan fingerprint density at radius 1 is 1.11 bits per heavy atom. The van der Waals surface area contributed by atoms with E-state index in [0.29, 0.717) is 19.4 Å². The smallest absolute Gasteiger partial charge is 0.253 e. The van der Waals surface area contributed by atoms with Gasteiger partial charge in [-0.25, -0.2) is 0 Å². The summed E-state index contributed by atoms with van der Waals surface area (Å²) in [5.41, 5.74) is 24.1. The summed E-state index contributed by atoms with van der Waals surface area (Å²) in [5.74, 6) is -3.08. The van der Waals surface area contributed by atoms with E-state index >= 15 is 0 Å². The number of carbonyl (C=O) groups is 3. The van der Waals surface area contributed by atoms with E-state index in [4.69, 9.17) is 28.7 Å². The van der Waals surface area contributed by atoms with E-state index in [2.05, 4.69) is 0 Å². The Bertz CT molecular complexity index is 333. The van der Waals surface area contributed by atoms with Gasteiger partial charge in [0.2, 0.25) is 5.54 Å². The van der Waals surface area contributed by atoms with Gasteiger partial charge in [-0.2, -0.15) is 0 Å². The van der Waals surface area contributed by atoms with E-state index in [-0.39, 0.29) is 6.42 Å². The molecule has 0 aliphatic rings. The molecule has 0 aliphatic heterocycles. The van der Waals surface area contributed by atoms with E-state index in [1.54, 1.807) is 0 Å². The van der Waals surface area contributed by atoms with Gasteiger partial charge in [-0.05, 0) is 19.4 Å². The summed E-state index contributed by atoms with van der Waals surface area (Å²) in [4.78, 5) is 34.7. The molecule has 0 aromatic rings. The van der Waals surface area contributed by atoms with Gasteiger partial charge in [0.15, 0.2) is 11.6 Å². The molecule has 0 aromatic heterocycles. The van der Waals surface area contributed by atoms with Gasteiger partial charge in [0, 0.05) is 0 Å². The molecular weight excluding hydrogens is 238 g/mol. The van der Waals surface area contributed by atoms with Crippen LogP contribution in [0, 0.1) is 0 Å². The van der Waals surface area contributed by atoms with Crippen LogP contribution in [-0.2, 0) is 14.4 Å². The third-order valence-electron chi connectivity index (χ3n) is 2.71. The van der Waals surface area contributed by atoms with Crippen molar-refractivity contribution >= 4 is 17.5 Å². The number of ketones is 2. The molecule has 0 aliphatic carbocycles. The lowest BCUT2D eigenvalue weighted by Crippen LogP contribution is -2.68. The Morgan fingerprint density at radius 3 is 2.06 bits per heavy atom. The third kappa shape index (κ3) is 3.57. The van der Waals surface area contributed by atoms with Crippen LogP contribution in [0.3, 0.4) is 0 Å². The van der Waals surface area contributed by atoms with Crippen LogP contribution in [0.25, 0.3) is 0 Å². The van der Waals surface area contributed by atoms with Gasteiger partial charge in [0.05, 0.1) is 12.6 Å². The van der Waals surface area contributed by atoms with Crippen molar-refractivity contribution < 1.29 is 14.4 Å². The van der Waals surface area contributed by atoms with Gasteiger partial charge < -0.3 is 28.7 Å². The number of primary amides is 1. The zero-order chi connectivity index (χ0) is 14.3. The molecule has 104 valence electrons. The first kappa shape index (κ1) is 16.6. The van der Waals surface area contributed by atoms with Crippen LogP contribution < -0.4 is 28.7 Å². The van der Waals surface area contributed by atoms with E-state index < -0.39 is 35.6 Å². The first-order valence-corrected chi connectivity index (χ1v) is 5.64. The summed E-state index contributed by atoms with van der Waals surface area (Å²) < 4.78 is 0. The zero-order valence-electron chi connectivity index (χ0n) is 10.2. The molecular formula is C10H21N5O3. The summed E-state index contributed by atoms with van der Waals surface area (Å²) in [6.45, 7) is -0.0903. The molecule has 18 heavy (non-hydrogen) atoms. The minimum Gasteiger partial charge on any atom is -0.367 e. The highest BCUT2D eigenvalue weighted by atomic mass is 16.2. The molecule has 0 saturated heterocycles. The fraction of sp³-hybridized carbons (Fsp3) is 0.700. The monoisotopic (exact) mass is 259 g/mol. The highest BCUT2D eigenvalue weighted by molar-refractivity contribution is 6.29. The molecule has 0 aromatic carbocycles. The quantitative estimate of drug-likeness (QED) is 0.212. The maximum Gasteiger partial charge on any atom is 0.253 e. The largest absolute Gasteiger partial charge is 0.367 e. The van der Waals surface area contributed by atoms with E-state index in [9.17, 15) is 14.4 Å². The molecule has 0 heterocycles. The molecule has 8 nitrogen and oxygen atoms in total. The van der Waals surface area contributed by atoms with Gasteiger partial charge >= 0.3 is 0 Å². The lowest BCUT2D eigenvalue weighted by molar-refractivity contribution is -0.142. The van der Waals surface area contributed by atoms with Gasteiger partial charge in [-0.1, -0.05) is 6.42 Å². The Kier molecular flexibility index (Phi) is 6.63. The van der Waals surface area contributed by atoms with Crippen molar-refractivity contribution in [3.05, 3.63) is 0 Å². The average molecular weight is 259 g/mol. The average Bonchev–Trinajstić information content (AvgIpc) is 2.35. The summed E-state index contributed by atoms with van der Waals surface area (Å²) in [6.07, 6.45) is 1.55. The van der Waals surface area contributed by atoms with Crippen LogP contribution >= 0.6 is 0 Å². The standard InChI is InChI=1S/C10H21N5O3/c11-4-2-1-3-6(13)8(17)10(15,9(14)18)7(16)5-12/h6H,1-5,11-13,15H2,(H2,14,18). The fourth-order valence-corrected chi connectivity index (χ4v) is 1.49. The fourth-order valence-electron chi connectivity index (χ4n) is 1.49. The molecule has 0 saturated carbocycles. The number of nitrogens with two attached hydrogens (primary N) is 5. The minimum absolute atomic E-state index is 0.278. The number of hydrogen-bond acceptors (Lipinski definition) is 7. The molecule has 2 atom stereocenters. The maximum absolute atomic E-state index is 11.9. The van der Waals surface area contributed by atoms with E-state index in [1.807, 2.05) is 0 Å². The second kappa shape index (κ2) is 7.17. The van der Waals surface area contributed by atoms with Gasteiger partial charge in [-0.15, -0.1) is 0 Å². The summed E-state index contributed by atoms with van der Waals surface area (Å²) >= 11 is 0. The topological polar surface area (TPSA) is 181 Å². The molecule has 0 spiro atoms. The van der Waals surface area contributed by atoms with Gasteiger partial charge in [-0.3, -0.25) is 14.4 Å². The van der Waals surface area contributed by atoms with Crippen LogP contribution in [0.2, 0.25) is 0 Å². The van der Waals surface area contributed by atoms with E-state index in [0.717, 1.165) is 0 Å². The third-order valence-corrected chi connectivity index (χ3v) is 2.71. The number of amides is 1. The van der Waals surface area contributed by atoms with Crippen molar-refractivity contribution in [3.63, 3.8) is 0 Å². The molecule has 1 amide bonds. The summed E-state index contributed by atoms with van der Waals surface area (Å²) in [6, 6.07) is -1.04. The van der Waals surface area contributed by atoms with E-state index in [1.165, 1.54) is 0 Å². The minimum atomic E-state index is -2.43. The lowest BCUT2D eigenvalue weighted by Gasteiger charge is -2.25. The first-order valence-electron chi connectivity index (χ1n) is 5.64. The maximum atomic E-state index is 11.9. The number of rotatable bonds is 9. The van der Waals surface area contributed by atoms with Crippen molar-refractivity contribution in [2.24, 2.45) is 28.7 Å². The number of hydrogen-bond donors (Lipinski definition) is 5. The predicted octanol–water partition coefficient (Wildman–Crippen LogP) is -3.28. The number of unbranched alkanes of at least 4 members (excludes halogenated alkanes) is 1. The lowest BCUT2D eigenvalue weighted by atomic mass is 9.84. The first-order chi connectivity index (χ1) is 8.32. The van der Waals surface area contributed by atoms with Crippen LogP contribution in [0.1, 0.15) is 19.3 Å². The molecule has 0 fully saturated rings. The Hall–Kier alpha value is -1.35. The van der Waals surface area contributed by atoms with Crippen molar-refractivity contribution in [1.82, 2.24) is 0 Å². The van der Waals surface area contributed by atoms with Crippen molar-refractivity contribution in [3.8, 4) is 0 Å². The Labute approximate surface area is 105 Å². The van der Waals surface area contributed by atoms with Crippen LogP contribution in [0.4, 0.5) is 0 Å². The van der Waals surface area contributed by atoms with Crippen molar-refractivity contribution in [2.75, 3.05) is 13.1 Å². The second-order valence-electron chi connectivity index (χ2n) is 4.05. The summed E-state index contributed by atoms with van der Waals surface area (Å²) in [5, 5.41) is 0. The highest BCUT2D eigenvalue weighted by Gasteiger charge is 2.48. The summed E-state index contributed by atoms with van der Waals surface area (Å²) in [7, 11) is 0. The molecule has 8 heteroatoms. The van der Waals surface area contributed by atoms with Crippen LogP contribution in [-0.4, -0.2) is 42.1 Å². The SMILES string of the molecule is NCCCCC(N)C(=O)C(N)(C(N)=O)C(=O)CN. The molecule has 10 N–H and O–H groups in total.